The third-order valence-corrected chi connectivity index (χ3v) is 7.98. The van der Waals surface area contributed by atoms with Gasteiger partial charge in [-0.1, -0.05) is 6.07 Å². The average Bonchev–Trinajstić information content (AvgIpc) is 2.95. The molecule has 4 saturated carbocycles. The highest BCUT2D eigenvalue weighted by atomic mass is 16.5. The molecule has 8 heteroatoms. The lowest BCUT2D eigenvalue weighted by molar-refractivity contribution is -0.136. The van der Waals surface area contributed by atoms with Crippen molar-refractivity contribution in [3.8, 4) is 11.5 Å². The second-order valence-electron chi connectivity index (χ2n) is 10.3. The Hall–Kier alpha value is -2.77. The number of rotatable bonds is 6. The van der Waals surface area contributed by atoms with Crippen molar-refractivity contribution >= 4 is 17.8 Å². The summed E-state index contributed by atoms with van der Waals surface area (Å²) in [6.45, 7) is 1.38. The van der Waals surface area contributed by atoms with Crippen LogP contribution in [-0.2, 0) is 15.1 Å². The Morgan fingerprint density at radius 1 is 1.06 bits per heavy atom. The van der Waals surface area contributed by atoms with Gasteiger partial charge in [-0.05, 0) is 80.9 Å². The Morgan fingerprint density at radius 3 is 2.22 bits per heavy atom. The van der Waals surface area contributed by atoms with E-state index in [4.69, 9.17) is 9.47 Å². The average molecular weight is 442 g/mol. The zero-order valence-corrected chi connectivity index (χ0v) is 18.9. The lowest BCUT2D eigenvalue weighted by Crippen LogP contribution is -2.61. The summed E-state index contributed by atoms with van der Waals surface area (Å²) in [5.74, 6) is 2.39. The SMILES string of the molecule is COc1ccc(C2(C)NC(=O)N(CC(=O)NC34CC5CC(CC(C5)C3)C4)C2=O)cc1OC. The van der Waals surface area contributed by atoms with Gasteiger partial charge in [0.15, 0.2) is 11.5 Å². The van der Waals surface area contributed by atoms with Crippen LogP contribution in [0.1, 0.15) is 51.0 Å². The number of nitrogens with zero attached hydrogens (tertiary/aromatic N) is 1. The zero-order valence-electron chi connectivity index (χ0n) is 18.9. The Balaban J connectivity index is 1.31. The molecule has 172 valence electrons. The summed E-state index contributed by atoms with van der Waals surface area (Å²) >= 11 is 0. The summed E-state index contributed by atoms with van der Waals surface area (Å²) in [4.78, 5) is 40.0. The second kappa shape index (κ2) is 7.39. The van der Waals surface area contributed by atoms with Crippen LogP contribution >= 0.6 is 0 Å². The maximum atomic E-state index is 13.3. The molecule has 1 saturated heterocycles. The van der Waals surface area contributed by atoms with Crippen LogP contribution in [0.25, 0.3) is 0 Å². The fraction of sp³-hybridized carbons (Fsp3) is 0.625. The van der Waals surface area contributed by atoms with Crippen LogP contribution in [0, 0.1) is 17.8 Å². The van der Waals surface area contributed by atoms with Gasteiger partial charge in [-0.25, -0.2) is 4.79 Å². The number of amides is 4. The highest BCUT2D eigenvalue weighted by Crippen LogP contribution is 2.55. The van der Waals surface area contributed by atoms with E-state index in [0.717, 1.165) is 24.2 Å². The number of carbonyl (C=O) groups excluding carboxylic acids is 3. The topological polar surface area (TPSA) is 97.0 Å². The van der Waals surface area contributed by atoms with E-state index in [1.54, 1.807) is 25.1 Å². The number of hydrogen-bond donors (Lipinski definition) is 2. The predicted octanol–water partition coefficient (Wildman–Crippen LogP) is 2.56. The van der Waals surface area contributed by atoms with E-state index in [-0.39, 0.29) is 18.0 Å². The normalized spacial score (nSPS) is 35.1. The molecule has 4 bridgehead atoms. The number of benzene rings is 1. The maximum Gasteiger partial charge on any atom is 0.325 e. The fourth-order valence-corrected chi connectivity index (χ4v) is 6.93. The van der Waals surface area contributed by atoms with Gasteiger partial charge in [0, 0.05) is 5.54 Å². The van der Waals surface area contributed by atoms with E-state index in [2.05, 4.69) is 10.6 Å². The van der Waals surface area contributed by atoms with Crippen LogP contribution in [0.5, 0.6) is 11.5 Å². The fourth-order valence-electron chi connectivity index (χ4n) is 6.93. The van der Waals surface area contributed by atoms with Crippen molar-refractivity contribution in [1.82, 2.24) is 15.5 Å². The monoisotopic (exact) mass is 441 g/mol. The molecule has 5 fully saturated rings. The van der Waals surface area contributed by atoms with Crippen molar-refractivity contribution < 1.29 is 23.9 Å². The molecule has 5 aliphatic rings. The summed E-state index contributed by atoms with van der Waals surface area (Å²) in [6.07, 6.45) is 6.92. The van der Waals surface area contributed by atoms with Gasteiger partial charge in [0.1, 0.15) is 12.1 Å². The third kappa shape index (κ3) is 3.31. The molecule has 2 N–H and O–H groups in total. The summed E-state index contributed by atoms with van der Waals surface area (Å²) in [5, 5.41) is 6.00. The molecule has 4 amide bonds. The Labute approximate surface area is 188 Å². The first-order valence-corrected chi connectivity index (χ1v) is 11.4. The van der Waals surface area contributed by atoms with Crippen LogP contribution in [0.2, 0.25) is 0 Å². The molecule has 8 nitrogen and oxygen atoms in total. The Bertz CT molecular complexity index is 941. The molecule has 6 rings (SSSR count). The molecule has 32 heavy (non-hydrogen) atoms. The van der Waals surface area contributed by atoms with Crippen molar-refractivity contribution in [3.05, 3.63) is 23.8 Å². The van der Waals surface area contributed by atoms with Crippen LogP contribution in [0.15, 0.2) is 18.2 Å². The second-order valence-corrected chi connectivity index (χ2v) is 10.3. The van der Waals surface area contributed by atoms with E-state index >= 15 is 0 Å². The molecule has 1 heterocycles. The minimum Gasteiger partial charge on any atom is -0.493 e. The standard InChI is InChI=1S/C24H31N3O5/c1-23(17-4-5-18(31-2)19(9-17)32-3)21(29)27(22(30)26-23)13-20(28)25-24-10-14-6-15(11-24)8-16(7-14)12-24/h4-5,9,14-16H,6-8,10-13H2,1-3H3,(H,25,28)(H,26,30). The van der Waals surface area contributed by atoms with Gasteiger partial charge >= 0.3 is 6.03 Å². The highest BCUT2D eigenvalue weighted by molar-refractivity contribution is 6.09. The Kier molecular flexibility index (Phi) is 4.87. The molecule has 0 radical (unpaired) electrons. The van der Waals surface area contributed by atoms with Crippen LogP contribution in [0.3, 0.4) is 0 Å². The molecule has 1 aliphatic heterocycles. The molecular formula is C24H31N3O5. The molecule has 1 aromatic carbocycles. The first-order valence-electron chi connectivity index (χ1n) is 11.4. The predicted molar refractivity (Wildman–Crippen MR) is 116 cm³/mol. The molecular weight excluding hydrogens is 410 g/mol. The summed E-state index contributed by atoms with van der Waals surface area (Å²) in [6, 6.07) is 4.53. The van der Waals surface area contributed by atoms with E-state index in [0.29, 0.717) is 34.8 Å². The number of urea groups is 1. The lowest BCUT2D eigenvalue weighted by Gasteiger charge is -2.56. The zero-order chi connectivity index (χ0) is 22.7. The highest BCUT2D eigenvalue weighted by Gasteiger charge is 2.53. The van der Waals surface area contributed by atoms with Crippen molar-refractivity contribution in [2.75, 3.05) is 20.8 Å². The number of hydrogen-bond acceptors (Lipinski definition) is 5. The van der Waals surface area contributed by atoms with Crippen LogP contribution in [-0.4, -0.2) is 49.0 Å². The molecule has 0 spiro atoms. The van der Waals surface area contributed by atoms with E-state index < -0.39 is 17.5 Å². The van der Waals surface area contributed by atoms with Crippen molar-refractivity contribution in [2.45, 2.75) is 56.5 Å². The van der Waals surface area contributed by atoms with Gasteiger partial charge in [0.2, 0.25) is 5.91 Å². The van der Waals surface area contributed by atoms with Crippen molar-refractivity contribution in [3.63, 3.8) is 0 Å². The first kappa shape index (κ1) is 21.1. The van der Waals surface area contributed by atoms with Gasteiger partial charge in [-0.3, -0.25) is 14.5 Å². The van der Waals surface area contributed by atoms with Crippen molar-refractivity contribution in [1.29, 1.82) is 0 Å². The number of ether oxygens (including phenoxy) is 2. The first-order chi connectivity index (χ1) is 15.2. The quantitative estimate of drug-likeness (QED) is 0.662. The smallest absolute Gasteiger partial charge is 0.325 e. The summed E-state index contributed by atoms with van der Waals surface area (Å²) in [7, 11) is 3.05. The van der Waals surface area contributed by atoms with Gasteiger partial charge in [-0.2, -0.15) is 0 Å². The molecule has 1 atom stereocenters. The Morgan fingerprint density at radius 2 is 1.66 bits per heavy atom. The minimum absolute atomic E-state index is 0.155. The minimum atomic E-state index is -1.28. The van der Waals surface area contributed by atoms with Gasteiger partial charge < -0.3 is 20.1 Å². The van der Waals surface area contributed by atoms with Gasteiger partial charge in [-0.15, -0.1) is 0 Å². The van der Waals surface area contributed by atoms with Crippen LogP contribution < -0.4 is 20.1 Å². The number of carbonyl (C=O) groups is 3. The van der Waals surface area contributed by atoms with E-state index in [9.17, 15) is 14.4 Å². The number of methoxy groups -OCH3 is 2. The van der Waals surface area contributed by atoms with E-state index in [1.165, 1.54) is 33.5 Å². The summed E-state index contributed by atoms with van der Waals surface area (Å²) < 4.78 is 10.6. The molecule has 4 aliphatic carbocycles. The molecule has 0 aromatic heterocycles. The molecule has 1 aromatic rings. The van der Waals surface area contributed by atoms with Crippen molar-refractivity contribution in [2.24, 2.45) is 17.8 Å². The summed E-state index contributed by atoms with van der Waals surface area (Å²) in [5.41, 5.74) is -0.868. The lowest BCUT2D eigenvalue weighted by atomic mass is 9.53. The van der Waals surface area contributed by atoms with Crippen LogP contribution in [0.4, 0.5) is 4.79 Å². The van der Waals surface area contributed by atoms with Gasteiger partial charge in [0.25, 0.3) is 5.91 Å². The number of nitrogens with one attached hydrogen (secondary N) is 2. The maximum absolute atomic E-state index is 13.3. The molecule has 1 unspecified atom stereocenters. The largest absolute Gasteiger partial charge is 0.493 e. The van der Waals surface area contributed by atoms with Gasteiger partial charge in [0.05, 0.1) is 14.2 Å². The number of imide groups is 1. The third-order valence-electron chi connectivity index (χ3n) is 7.98. The van der Waals surface area contributed by atoms with E-state index in [1.807, 2.05) is 0 Å².